The third-order valence-electron chi connectivity index (χ3n) is 5.47. The third-order valence-corrected chi connectivity index (χ3v) is 6.86. The molecule has 2 atom stereocenters. The zero-order chi connectivity index (χ0) is 30.1. The lowest BCUT2D eigenvalue weighted by atomic mass is 9.95. The molecule has 220 valence electrons. The van der Waals surface area contributed by atoms with Gasteiger partial charge in [0.25, 0.3) is 0 Å². The first-order chi connectivity index (χ1) is 19.5. The Labute approximate surface area is 257 Å². The number of amides is 2. The van der Waals surface area contributed by atoms with Crippen LogP contribution in [0.1, 0.15) is 31.0 Å². The Bertz CT molecular complexity index is 1350. The molecule has 0 saturated carbocycles. The van der Waals surface area contributed by atoms with Gasteiger partial charge in [-0.15, -0.1) is 0 Å². The maximum absolute atomic E-state index is 12.4. The van der Waals surface area contributed by atoms with E-state index >= 15 is 0 Å². The molecule has 41 heavy (non-hydrogen) atoms. The molecule has 1 aliphatic rings. The van der Waals surface area contributed by atoms with Crippen LogP contribution in [0, 0.1) is 3.57 Å². The Balaban J connectivity index is 1.67. The van der Waals surface area contributed by atoms with Crippen LogP contribution in [0.25, 0.3) is 0 Å². The van der Waals surface area contributed by atoms with E-state index in [0.29, 0.717) is 48.7 Å². The van der Waals surface area contributed by atoms with E-state index < -0.39 is 36.8 Å². The topological polar surface area (TPSA) is 177 Å². The van der Waals surface area contributed by atoms with E-state index in [-0.39, 0.29) is 12.2 Å². The number of carboxylic acid groups (broad SMARTS) is 1. The number of hydrazone groups is 1. The van der Waals surface area contributed by atoms with Crippen molar-refractivity contribution in [2.75, 3.05) is 26.9 Å². The van der Waals surface area contributed by atoms with E-state index in [0.717, 1.165) is 0 Å². The van der Waals surface area contributed by atoms with E-state index in [1.54, 1.807) is 44.2 Å². The largest absolute Gasteiger partial charge is 0.490 e. The standard InChI is InChI=1S/C26H28BrIN4O9/c1-4-39-19-9-15(23-22(25(36)38-3)13(2)30-26(37)31-23)5-6-18(19)40-11-20(33)32-29-10-14-7-16(27)24(17(28)8-14)41-12-21(34)35/h5-10,20,23,32-33H,4,11-12H2,1-3H3,(H,34,35)(H2,30,31,37)/b29-10-/t20-,23-/m0/s1. The van der Waals surface area contributed by atoms with Crippen molar-refractivity contribution in [1.29, 1.82) is 0 Å². The van der Waals surface area contributed by atoms with Crippen molar-refractivity contribution in [2.45, 2.75) is 26.1 Å². The number of methoxy groups -OCH3 is 1. The molecule has 0 aliphatic carbocycles. The van der Waals surface area contributed by atoms with Crippen molar-refractivity contribution in [3.05, 3.63) is 60.8 Å². The zero-order valence-electron chi connectivity index (χ0n) is 22.2. The van der Waals surface area contributed by atoms with E-state index in [2.05, 4.69) is 37.1 Å². The number of aliphatic carboxylic acids is 1. The Hall–Kier alpha value is -3.57. The molecule has 0 radical (unpaired) electrons. The van der Waals surface area contributed by atoms with Gasteiger partial charge in [-0.3, -0.25) is 5.43 Å². The molecule has 0 aromatic heterocycles. The molecule has 2 aromatic rings. The molecule has 0 bridgehead atoms. The van der Waals surface area contributed by atoms with Gasteiger partial charge in [0.15, 0.2) is 24.3 Å². The lowest BCUT2D eigenvalue weighted by Crippen LogP contribution is -2.45. The molecular weight excluding hydrogens is 719 g/mol. The maximum atomic E-state index is 12.4. The average Bonchev–Trinajstić information content (AvgIpc) is 2.91. The van der Waals surface area contributed by atoms with Crippen LogP contribution in [0.15, 0.2) is 51.2 Å². The lowest BCUT2D eigenvalue weighted by Gasteiger charge is -2.28. The summed E-state index contributed by atoms with van der Waals surface area (Å²) in [4.78, 5) is 35.3. The van der Waals surface area contributed by atoms with Gasteiger partial charge < -0.3 is 39.8 Å². The molecule has 2 amide bonds. The van der Waals surface area contributed by atoms with Crippen LogP contribution < -0.4 is 30.3 Å². The predicted molar refractivity (Wildman–Crippen MR) is 159 cm³/mol. The van der Waals surface area contributed by atoms with Gasteiger partial charge in [-0.2, -0.15) is 5.10 Å². The molecule has 5 N–H and O–H groups in total. The van der Waals surface area contributed by atoms with E-state index in [4.69, 9.17) is 24.1 Å². The molecule has 0 unspecified atom stereocenters. The fourth-order valence-corrected chi connectivity index (χ4v) is 5.51. The van der Waals surface area contributed by atoms with Gasteiger partial charge in [-0.1, -0.05) is 6.07 Å². The number of allylic oxidation sites excluding steroid dienone is 1. The fraction of sp³-hybridized carbons (Fsp3) is 0.308. The van der Waals surface area contributed by atoms with E-state index in [1.807, 2.05) is 22.6 Å². The summed E-state index contributed by atoms with van der Waals surface area (Å²) in [5, 5.41) is 28.5. The number of urea groups is 1. The number of benzene rings is 2. The number of esters is 1. The summed E-state index contributed by atoms with van der Waals surface area (Å²) in [5.74, 6) is -0.592. The van der Waals surface area contributed by atoms with Crippen molar-refractivity contribution in [1.82, 2.24) is 16.1 Å². The van der Waals surface area contributed by atoms with Crippen molar-refractivity contribution >= 4 is 62.7 Å². The van der Waals surface area contributed by atoms with Gasteiger partial charge in [-0.25, -0.2) is 14.4 Å². The van der Waals surface area contributed by atoms with Gasteiger partial charge in [0.2, 0.25) is 0 Å². The second kappa shape index (κ2) is 14.9. The molecular formula is C26H28BrIN4O9. The third kappa shape index (κ3) is 8.71. The summed E-state index contributed by atoms with van der Waals surface area (Å²) in [6.07, 6.45) is 0.292. The molecule has 1 aliphatic heterocycles. The quantitative estimate of drug-likeness (QED) is 0.0674. The first-order valence-corrected chi connectivity index (χ1v) is 14.0. The van der Waals surface area contributed by atoms with Crippen LogP contribution in [0.2, 0.25) is 0 Å². The Morgan fingerprint density at radius 2 is 1.98 bits per heavy atom. The highest BCUT2D eigenvalue weighted by Crippen LogP contribution is 2.35. The average molecular weight is 747 g/mol. The second-order valence-corrected chi connectivity index (χ2v) is 10.4. The minimum absolute atomic E-state index is 0.184. The van der Waals surface area contributed by atoms with Crippen LogP contribution in [-0.4, -0.2) is 67.6 Å². The summed E-state index contributed by atoms with van der Waals surface area (Å²) in [7, 11) is 1.26. The number of carboxylic acids is 1. The Morgan fingerprint density at radius 3 is 2.63 bits per heavy atom. The summed E-state index contributed by atoms with van der Waals surface area (Å²) < 4.78 is 22.8. The monoisotopic (exact) mass is 746 g/mol. The van der Waals surface area contributed by atoms with Crippen molar-refractivity contribution in [2.24, 2.45) is 5.10 Å². The fourth-order valence-electron chi connectivity index (χ4n) is 3.75. The number of halogens is 2. The molecule has 3 rings (SSSR count). The van der Waals surface area contributed by atoms with Gasteiger partial charge >= 0.3 is 18.0 Å². The number of nitrogens with zero attached hydrogens (tertiary/aromatic N) is 1. The number of rotatable bonds is 13. The number of carbonyl (C=O) groups is 3. The number of ether oxygens (including phenoxy) is 4. The second-order valence-electron chi connectivity index (χ2n) is 8.41. The zero-order valence-corrected chi connectivity index (χ0v) is 25.9. The minimum atomic E-state index is -1.18. The molecule has 15 heteroatoms. The lowest BCUT2D eigenvalue weighted by molar-refractivity contribution is -0.139. The SMILES string of the molecule is CCOc1cc([C@@H]2NC(=O)NC(C)=C2C(=O)OC)ccc1OC[C@H](O)N/N=C\c1cc(Br)c(OCC(=O)O)c(I)c1. The molecule has 0 fully saturated rings. The first kappa shape index (κ1) is 32.0. The van der Waals surface area contributed by atoms with Crippen LogP contribution >= 0.6 is 38.5 Å². The van der Waals surface area contributed by atoms with E-state index in [9.17, 15) is 19.5 Å². The van der Waals surface area contributed by atoms with Crippen LogP contribution in [0.3, 0.4) is 0 Å². The van der Waals surface area contributed by atoms with Gasteiger partial charge in [0.1, 0.15) is 12.4 Å². The summed E-state index contributed by atoms with van der Waals surface area (Å²) >= 11 is 5.37. The van der Waals surface area contributed by atoms with Gasteiger partial charge in [0, 0.05) is 5.70 Å². The molecule has 0 spiro atoms. The normalized spacial score (nSPS) is 15.6. The summed E-state index contributed by atoms with van der Waals surface area (Å²) in [6.45, 7) is 3.07. The number of aliphatic hydroxyl groups is 1. The highest BCUT2D eigenvalue weighted by atomic mass is 127. The Morgan fingerprint density at radius 1 is 1.22 bits per heavy atom. The number of hydrogen-bond acceptors (Lipinski definition) is 10. The van der Waals surface area contributed by atoms with Crippen LogP contribution in [0.5, 0.6) is 17.2 Å². The van der Waals surface area contributed by atoms with Crippen molar-refractivity contribution in [3.63, 3.8) is 0 Å². The summed E-state index contributed by atoms with van der Waals surface area (Å²) in [6, 6.07) is 7.13. The summed E-state index contributed by atoms with van der Waals surface area (Å²) in [5.41, 5.74) is 4.43. The van der Waals surface area contributed by atoms with Gasteiger partial charge in [-0.05, 0) is 87.8 Å². The highest BCUT2D eigenvalue weighted by Gasteiger charge is 2.32. The Kier molecular flexibility index (Phi) is 11.6. The van der Waals surface area contributed by atoms with Crippen LogP contribution in [0.4, 0.5) is 4.79 Å². The van der Waals surface area contributed by atoms with Gasteiger partial charge in [0.05, 0.1) is 39.6 Å². The predicted octanol–water partition coefficient (Wildman–Crippen LogP) is 3.04. The number of nitrogens with one attached hydrogen (secondary N) is 3. The van der Waals surface area contributed by atoms with Crippen molar-refractivity contribution < 1.29 is 43.5 Å². The first-order valence-electron chi connectivity index (χ1n) is 12.1. The molecule has 13 nitrogen and oxygen atoms in total. The number of carbonyl (C=O) groups excluding carboxylic acids is 2. The van der Waals surface area contributed by atoms with Crippen LogP contribution in [-0.2, 0) is 14.3 Å². The smallest absolute Gasteiger partial charge is 0.341 e. The highest BCUT2D eigenvalue weighted by molar-refractivity contribution is 14.1. The molecule has 2 aromatic carbocycles. The minimum Gasteiger partial charge on any atom is -0.490 e. The number of hydrogen-bond donors (Lipinski definition) is 5. The number of aliphatic hydroxyl groups excluding tert-OH is 1. The molecule has 1 heterocycles. The molecule has 0 saturated heterocycles. The maximum Gasteiger partial charge on any atom is 0.341 e. The van der Waals surface area contributed by atoms with E-state index in [1.165, 1.54) is 13.3 Å². The van der Waals surface area contributed by atoms with Crippen molar-refractivity contribution in [3.8, 4) is 17.2 Å².